The molecule has 2 rings (SSSR count). The van der Waals surface area contributed by atoms with Gasteiger partial charge in [0.25, 0.3) is 17.7 Å². The fourth-order valence-electron chi connectivity index (χ4n) is 2.89. The number of hydroxylamine groups is 1. The van der Waals surface area contributed by atoms with Crippen molar-refractivity contribution in [3.63, 3.8) is 0 Å². The Morgan fingerprint density at radius 1 is 1.00 bits per heavy atom. The highest BCUT2D eigenvalue weighted by Gasteiger charge is 2.47. The molecule has 7 N–H and O–H groups in total. The average Bonchev–Trinajstić information content (AvgIpc) is 2.85. The molecule has 0 fully saturated rings. The van der Waals surface area contributed by atoms with Gasteiger partial charge in [-0.15, -0.1) is 0 Å². The van der Waals surface area contributed by atoms with E-state index in [1.807, 2.05) is 0 Å². The molecule has 0 saturated carbocycles. The summed E-state index contributed by atoms with van der Waals surface area (Å²) < 4.78 is 0. The van der Waals surface area contributed by atoms with Gasteiger partial charge in [0, 0.05) is 30.8 Å². The van der Waals surface area contributed by atoms with Gasteiger partial charge in [-0.2, -0.15) is 0 Å². The smallest absolute Gasteiger partial charge is 0.278 e. The van der Waals surface area contributed by atoms with Gasteiger partial charge in [0.05, 0.1) is 6.61 Å². The molecule has 0 aliphatic heterocycles. The predicted molar refractivity (Wildman–Crippen MR) is 119 cm³/mol. The standard InChI is InChI=1S/C23H25N3O6.H2O/c1-23(21(30)24-2,22(31)25-32)26(3)20(29)18-12-8-16(9-13-18)5-4-15-6-10-17(11-7-15)19(28)14-27;/h6-13,19,27-28,32H,14H2,1-3H3,(H,24,30)(H,25,31);1H2. The first kappa shape index (κ1) is 27.3. The van der Waals surface area contributed by atoms with Crippen molar-refractivity contribution < 1.29 is 35.3 Å². The molecule has 0 saturated heterocycles. The number of likely N-dealkylation sites (N-methyl/N-ethyl adjacent to an activating group) is 2. The van der Waals surface area contributed by atoms with Crippen molar-refractivity contribution in [2.45, 2.75) is 18.6 Å². The van der Waals surface area contributed by atoms with Crippen LogP contribution in [0.1, 0.15) is 40.1 Å². The number of benzene rings is 2. The van der Waals surface area contributed by atoms with Crippen molar-refractivity contribution in [3.8, 4) is 11.8 Å². The SMILES string of the molecule is CNC(=O)C(C)(C(=O)NO)N(C)C(=O)c1ccc(C#Cc2ccc(C(O)CO)cc2)cc1.O. The van der Waals surface area contributed by atoms with Crippen molar-refractivity contribution in [1.82, 2.24) is 15.7 Å². The van der Waals surface area contributed by atoms with Crippen molar-refractivity contribution >= 4 is 17.7 Å². The number of carbonyl (C=O) groups is 3. The molecule has 2 unspecified atom stereocenters. The van der Waals surface area contributed by atoms with Crippen LogP contribution in [0.25, 0.3) is 0 Å². The first-order chi connectivity index (χ1) is 15.2. The normalized spacial score (nSPS) is 12.7. The van der Waals surface area contributed by atoms with E-state index in [1.165, 1.54) is 38.6 Å². The maximum Gasteiger partial charge on any atom is 0.278 e. The lowest BCUT2D eigenvalue weighted by Crippen LogP contribution is -2.64. The van der Waals surface area contributed by atoms with Crippen LogP contribution in [0.2, 0.25) is 0 Å². The summed E-state index contributed by atoms with van der Waals surface area (Å²) in [5, 5.41) is 29.9. The molecule has 0 aromatic heterocycles. The topological polar surface area (TPSA) is 171 Å². The van der Waals surface area contributed by atoms with E-state index in [9.17, 15) is 19.5 Å². The number of aliphatic hydroxyl groups is 2. The first-order valence-corrected chi connectivity index (χ1v) is 9.64. The number of nitrogens with one attached hydrogen (secondary N) is 2. The highest BCUT2D eigenvalue weighted by Crippen LogP contribution is 2.18. The van der Waals surface area contributed by atoms with Gasteiger partial charge in [0.2, 0.25) is 0 Å². The largest absolute Gasteiger partial charge is 0.412 e. The lowest BCUT2D eigenvalue weighted by molar-refractivity contribution is -0.148. The predicted octanol–water partition coefficient (Wildman–Crippen LogP) is -0.630. The molecule has 3 amide bonds. The molecule has 176 valence electrons. The number of nitrogens with zero attached hydrogens (tertiary/aromatic N) is 1. The molecular weight excluding hydrogens is 430 g/mol. The second-order valence-electron chi connectivity index (χ2n) is 7.10. The van der Waals surface area contributed by atoms with Gasteiger partial charge in [-0.05, 0) is 48.9 Å². The molecule has 2 atom stereocenters. The zero-order valence-electron chi connectivity index (χ0n) is 18.4. The number of rotatable bonds is 6. The molecule has 0 heterocycles. The summed E-state index contributed by atoms with van der Waals surface area (Å²) in [6.07, 6.45) is -0.936. The van der Waals surface area contributed by atoms with E-state index >= 15 is 0 Å². The van der Waals surface area contributed by atoms with Crippen molar-refractivity contribution in [3.05, 3.63) is 70.8 Å². The Labute approximate surface area is 191 Å². The number of hydrogen-bond acceptors (Lipinski definition) is 6. The minimum atomic E-state index is -1.96. The van der Waals surface area contributed by atoms with E-state index in [4.69, 9.17) is 10.3 Å². The van der Waals surface area contributed by atoms with Crippen LogP contribution in [0.5, 0.6) is 0 Å². The summed E-state index contributed by atoms with van der Waals surface area (Å²) in [7, 11) is 2.61. The number of amides is 3. The van der Waals surface area contributed by atoms with Crippen LogP contribution in [0, 0.1) is 11.8 Å². The lowest BCUT2D eigenvalue weighted by Gasteiger charge is -2.34. The van der Waals surface area contributed by atoms with Crippen molar-refractivity contribution in [2.75, 3.05) is 20.7 Å². The van der Waals surface area contributed by atoms with Gasteiger partial charge in [0.15, 0.2) is 5.54 Å². The Bertz CT molecular complexity index is 1020. The third kappa shape index (κ3) is 5.94. The summed E-state index contributed by atoms with van der Waals surface area (Å²) in [4.78, 5) is 38.1. The summed E-state index contributed by atoms with van der Waals surface area (Å²) in [6, 6.07) is 13.1. The maximum absolute atomic E-state index is 12.8. The lowest BCUT2D eigenvalue weighted by atomic mass is 9.96. The van der Waals surface area contributed by atoms with E-state index in [1.54, 1.807) is 36.4 Å². The van der Waals surface area contributed by atoms with Crippen LogP contribution in [-0.2, 0) is 9.59 Å². The minimum Gasteiger partial charge on any atom is -0.412 e. The number of aliphatic hydroxyl groups excluding tert-OH is 2. The Balaban J connectivity index is 0.00000544. The molecule has 0 aliphatic carbocycles. The summed E-state index contributed by atoms with van der Waals surface area (Å²) in [5.41, 5.74) is 1.61. The van der Waals surface area contributed by atoms with Gasteiger partial charge < -0.3 is 25.9 Å². The minimum absolute atomic E-state index is 0. The van der Waals surface area contributed by atoms with Gasteiger partial charge >= 0.3 is 0 Å². The summed E-state index contributed by atoms with van der Waals surface area (Å²) in [6.45, 7) is 0.859. The second kappa shape index (κ2) is 11.8. The van der Waals surface area contributed by atoms with E-state index in [-0.39, 0.29) is 17.6 Å². The van der Waals surface area contributed by atoms with Crippen LogP contribution in [0.15, 0.2) is 48.5 Å². The number of carbonyl (C=O) groups excluding carboxylic acids is 3. The Morgan fingerprint density at radius 3 is 1.91 bits per heavy atom. The van der Waals surface area contributed by atoms with E-state index in [0.717, 1.165) is 4.90 Å². The van der Waals surface area contributed by atoms with Gasteiger partial charge in [-0.25, -0.2) is 5.48 Å². The molecule has 2 aromatic rings. The highest BCUT2D eigenvalue weighted by atomic mass is 16.5. The van der Waals surface area contributed by atoms with Crippen molar-refractivity contribution in [2.24, 2.45) is 0 Å². The second-order valence-corrected chi connectivity index (χ2v) is 7.10. The molecule has 10 nitrogen and oxygen atoms in total. The van der Waals surface area contributed by atoms with E-state index in [0.29, 0.717) is 16.7 Å². The molecular formula is C23H27N3O7. The molecule has 10 heteroatoms. The fourth-order valence-corrected chi connectivity index (χ4v) is 2.89. The molecule has 33 heavy (non-hydrogen) atoms. The van der Waals surface area contributed by atoms with Crippen LogP contribution < -0.4 is 10.8 Å². The van der Waals surface area contributed by atoms with Gasteiger partial charge in [-0.1, -0.05) is 24.0 Å². The molecule has 0 bridgehead atoms. The number of hydrogen-bond donors (Lipinski definition) is 5. The van der Waals surface area contributed by atoms with Crippen LogP contribution >= 0.6 is 0 Å². The zero-order chi connectivity index (χ0) is 23.9. The Kier molecular flexibility index (Phi) is 9.72. The Morgan fingerprint density at radius 2 is 1.48 bits per heavy atom. The third-order valence-electron chi connectivity index (χ3n) is 5.14. The monoisotopic (exact) mass is 457 g/mol. The van der Waals surface area contributed by atoms with Crippen LogP contribution in [0.3, 0.4) is 0 Å². The maximum atomic E-state index is 12.8. The van der Waals surface area contributed by atoms with Gasteiger partial charge in [0.1, 0.15) is 6.10 Å². The molecule has 0 radical (unpaired) electrons. The van der Waals surface area contributed by atoms with E-state index < -0.39 is 29.4 Å². The van der Waals surface area contributed by atoms with E-state index in [2.05, 4.69) is 17.2 Å². The summed E-state index contributed by atoms with van der Waals surface area (Å²) >= 11 is 0. The van der Waals surface area contributed by atoms with Crippen molar-refractivity contribution in [1.29, 1.82) is 0 Å². The first-order valence-electron chi connectivity index (χ1n) is 9.64. The molecule has 0 spiro atoms. The molecule has 2 aromatic carbocycles. The summed E-state index contributed by atoms with van der Waals surface area (Å²) in [5.74, 6) is 3.51. The molecule has 0 aliphatic rings. The van der Waals surface area contributed by atoms with Crippen LogP contribution in [-0.4, -0.2) is 69.8 Å². The zero-order valence-corrected chi connectivity index (χ0v) is 18.4. The highest BCUT2D eigenvalue weighted by molar-refractivity contribution is 6.12. The average molecular weight is 457 g/mol. The fraction of sp³-hybridized carbons (Fsp3) is 0.261. The Hall–Kier alpha value is -3.75. The van der Waals surface area contributed by atoms with Crippen LogP contribution in [0.4, 0.5) is 0 Å². The third-order valence-corrected chi connectivity index (χ3v) is 5.14. The van der Waals surface area contributed by atoms with Gasteiger partial charge in [-0.3, -0.25) is 19.6 Å². The quantitative estimate of drug-likeness (QED) is 0.167.